The maximum Gasteiger partial charge on any atom is 0.204 e. The van der Waals surface area contributed by atoms with Crippen LogP contribution in [-0.4, -0.2) is 12.9 Å². The maximum absolute atomic E-state index is 13.4. The third-order valence-corrected chi connectivity index (χ3v) is 4.69. The monoisotopic (exact) mass is 382 g/mol. The lowest BCUT2D eigenvalue weighted by Crippen LogP contribution is -2.18. The summed E-state index contributed by atoms with van der Waals surface area (Å²) in [5, 5.41) is 0. The molecule has 1 aromatic heterocycles. The predicted octanol–water partition coefficient (Wildman–Crippen LogP) is 5.21. The second-order valence-corrected chi connectivity index (χ2v) is 6.47. The summed E-state index contributed by atoms with van der Waals surface area (Å²) in [7, 11) is 1.56. The minimum absolute atomic E-state index is 0.00583. The van der Waals surface area contributed by atoms with Crippen molar-refractivity contribution in [3.63, 3.8) is 0 Å². The first-order chi connectivity index (χ1) is 14.2. The van der Waals surface area contributed by atoms with Gasteiger partial charge in [0, 0.05) is 11.1 Å². The van der Waals surface area contributed by atoms with Crippen LogP contribution in [0.15, 0.2) is 100 Å². The molecule has 4 heteroatoms. The van der Waals surface area contributed by atoms with Crippen molar-refractivity contribution in [2.24, 2.45) is 0 Å². The van der Waals surface area contributed by atoms with Crippen LogP contribution in [0.5, 0.6) is 5.75 Å². The van der Waals surface area contributed by atoms with E-state index in [0.29, 0.717) is 28.2 Å². The van der Waals surface area contributed by atoms with E-state index < -0.39 is 5.78 Å². The van der Waals surface area contributed by atoms with Gasteiger partial charge in [-0.25, -0.2) is 0 Å². The van der Waals surface area contributed by atoms with Crippen molar-refractivity contribution in [3.05, 3.63) is 113 Å². The van der Waals surface area contributed by atoms with Crippen molar-refractivity contribution in [3.8, 4) is 28.2 Å². The largest absolute Gasteiger partial charge is 0.497 e. The lowest BCUT2D eigenvalue weighted by atomic mass is 9.96. The van der Waals surface area contributed by atoms with Crippen LogP contribution in [0.4, 0.5) is 0 Å². The van der Waals surface area contributed by atoms with Gasteiger partial charge in [0.05, 0.1) is 12.7 Å². The van der Waals surface area contributed by atoms with Crippen molar-refractivity contribution < 1.29 is 13.9 Å². The van der Waals surface area contributed by atoms with Crippen molar-refractivity contribution in [1.82, 2.24) is 0 Å². The lowest BCUT2D eigenvalue weighted by molar-refractivity contribution is 0.103. The summed E-state index contributed by atoms with van der Waals surface area (Å²) in [6.45, 7) is 0. The Balaban J connectivity index is 1.89. The molecule has 4 rings (SSSR count). The second kappa shape index (κ2) is 7.98. The summed E-state index contributed by atoms with van der Waals surface area (Å²) in [4.78, 5) is 26.4. The molecule has 0 saturated heterocycles. The Kier molecular flexibility index (Phi) is 5.08. The molecule has 0 saturated carbocycles. The van der Waals surface area contributed by atoms with Gasteiger partial charge >= 0.3 is 0 Å². The zero-order chi connectivity index (χ0) is 20.2. The van der Waals surface area contributed by atoms with Crippen LogP contribution in [0, 0.1) is 0 Å². The van der Waals surface area contributed by atoms with Gasteiger partial charge in [-0.15, -0.1) is 0 Å². The van der Waals surface area contributed by atoms with E-state index >= 15 is 0 Å². The predicted molar refractivity (Wildman–Crippen MR) is 112 cm³/mol. The molecule has 1 heterocycles. The quantitative estimate of drug-likeness (QED) is 0.445. The standard InChI is InChI=1S/C25H18O4/c1-28-20-14-12-18(13-15-20)23(26)21-16-29-25(19-10-6-3-7-11-19)22(24(21)27)17-8-4-2-5-9-17/h2-16H,1H3. The first kappa shape index (κ1) is 18.4. The number of hydrogen-bond donors (Lipinski definition) is 0. The fraction of sp³-hybridized carbons (Fsp3) is 0.0400. The normalized spacial score (nSPS) is 10.5. The van der Waals surface area contributed by atoms with Crippen LogP contribution in [0.3, 0.4) is 0 Å². The molecule has 29 heavy (non-hydrogen) atoms. The Morgan fingerprint density at radius 2 is 1.38 bits per heavy atom. The topological polar surface area (TPSA) is 56.5 Å². The smallest absolute Gasteiger partial charge is 0.204 e. The number of hydrogen-bond acceptors (Lipinski definition) is 4. The van der Waals surface area contributed by atoms with Gasteiger partial charge in [-0.1, -0.05) is 60.7 Å². The molecule has 0 amide bonds. The van der Waals surface area contributed by atoms with Crippen LogP contribution >= 0.6 is 0 Å². The molecule has 142 valence electrons. The van der Waals surface area contributed by atoms with E-state index in [-0.39, 0.29) is 11.0 Å². The first-order valence-electron chi connectivity index (χ1n) is 9.14. The van der Waals surface area contributed by atoms with E-state index in [1.165, 1.54) is 6.26 Å². The van der Waals surface area contributed by atoms with E-state index in [1.54, 1.807) is 31.4 Å². The Morgan fingerprint density at radius 3 is 1.97 bits per heavy atom. The van der Waals surface area contributed by atoms with E-state index in [1.807, 2.05) is 60.7 Å². The first-order valence-corrected chi connectivity index (χ1v) is 9.14. The highest BCUT2D eigenvalue weighted by Crippen LogP contribution is 2.30. The average molecular weight is 382 g/mol. The SMILES string of the molecule is COc1ccc(C(=O)c2coc(-c3ccccc3)c(-c3ccccc3)c2=O)cc1. The Labute approximate surface area is 168 Å². The molecule has 0 N–H and O–H groups in total. The van der Waals surface area contributed by atoms with Gasteiger partial charge in [-0.05, 0) is 29.8 Å². The molecule has 3 aromatic carbocycles. The molecule has 0 fully saturated rings. The Morgan fingerprint density at radius 1 is 0.793 bits per heavy atom. The van der Waals surface area contributed by atoms with E-state index in [9.17, 15) is 9.59 Å². The Bertz CT molecular complexity index is 1190. The summed E-state index contributed by atoms with van der Waals surface area (Å²) in [6, 6.07) is 25.3. The maximum atomic E-state index is 13.4. The van der Waals surface area contributed by atoms with Gasteiger partial charge in [-0.2, -0.15) is 0 Å². The number of ether oxygens (including phenoxy) is 1. The van der Waals surface area contributed by atoms with Gasteiger partial charge in [-0.3, -0.25) is 9.59 Å². The van der Waals surface area contributed by atoms with Gasteiger partial charge in [0.2, 0.25) is 5.43 Å². The summed E-state index contributed by atoms with van der Waals surface area (Å²) in [5.41, 5.74) is 1.87. The lowest BCUT2D eigenvalue weighted by Gasteiger charge is -2.10. The highest BCUT2D eigenvalue weighted by Gasteiger charge is 2.21. The summed E-state index contributed by atoms with van der Waals surface area (Å²) in [5.74, 6) is 0.685. The number of methoxy groups -OCH3 is 1. The number of ketones is 1. The minimum atomic E-state index is -0.391. The highest BCUT2D eigenvalue weighted by molar-refractivity contribution is 6.09. The zero-order valence-corrected chi connectivity index (χ0v) is 15.8. The van der Waals surface area contributed by atoms with Crippen molar-refractivity contribution in [1.29, 1.82) is 0 Å². The molecule has 0 bridgehead atoms. The summed E-state index contributed by atoms with van der Waals surface area (Å²) in [6.07, 6.45) is 1.25. The third kappa shape index (κ3) is 3.60. The molecular weight excluding hydrogens is 364 g/mol. The van der Waals surface area contributed by atoms with Gasteiger partial charge in [0.25, 0.3) is 0 Å². The number of carbonyl (C=O) groups excluding carboxylic acids is 1. The minimum Gasteiger partial charge on any atom is -0.497 e. The van der Waals surface area contributed by atoms with Crippen LogP contribution < -0.4 is 10.2 Å². The average Bonchev–Trinajstić information content (AvgIpc) is 2.79. The van der Waals surface area contributed by atoms with E-state index in [0.717, 1.165) is 5.56 Å². The van der Waals surface area contributed by atoms with E-state index in [2.05, 4.69) is 0 Å². The van der Waals surface area contributed by atoms with Crippen LogP contribution in [0.25, 0.3) is 22.5 Å². The molecule has 0 atom stereocenters. The number of benzene rings is 3. The Hall–Kier alpha value is -3.92. The second-order valence-electron chi connectivity index (χ2n) is 6.47. The fourth-order valence-electron chi connectivity index (χ4n) is 3.19. The molecule has 0 spiro atoms. The molecule has 0 aliphatic rings. The molecule has 0 aliphatic carbocycles. The van der Waals surface area contributed by atoms with Crippen molar-refractivity contribution in [2.75, 3.05) is 7.11 Å². The summed E-state index contributed by atoms with van der Waals surface area (Å²) >= 11 is 0. The molecule has 0 unspecified atom stereocenters. The highest BCUT2D eigenvalue weighted by atomic mass is 16.5. The molecule has 0 aliphatic heterocycles. The van der Waals surface area contributed by atoms with Crippen LogP contribution in [0.1, 0.15) is 15.9 Å². The van der Waals surface area contributed by atoms with Crippen LogP contribution in [-0.2, 0) is 0 Å². The molecule has 4 aromatic rings. The molecular formula is C25H18O4. The summed E-state index contributed by atoms with van der Waals surface area (Å²) < 4.78 is 11.0. The molecule has 0 radical (unpaired) electrons. The number of carbonyl (C=O) groups is 1. The van der Waals surface area contributed by atoms with E-state index in [4.69, 9.17) is 9.15 Å². The van der Waals surface area contributed by atoms with Crippen molar-refractivity contribution >= 4 is 5.78 Å². The van der Waals surface area contributed by atoms with Gasteiger partial charge < -0.3 is 9.15 Å². The van der Waals surface area contributed by atoms with Gasteiger partial charge in [0.1, 0.15) is 23.3 Å². The van der Waals surface area contributed by atoms with Gasteiger partial charge in [0.15, 0.2) is 5.78 Å². The number of rotatable bonds is 5. The third-order valence-electron chi connectivity index (χ3n) is 4.69. The van der Waals surface area contributed by atoms with Crippen LogP contribution in [0.2, 0.25) is 0 Å². The van der Waals surface area contributed by atoms with Crippen molar-refractivity contribution in [2.45, 2.75) is 0 Å². The molecule has 4 nitrogen and oxygen atoms in total. The zero-order valence-electron chi connectivity index (χ0n) is 15.8. The fourth-order valence-corrected chi connectivity index (χ4v) is 3.19.